The molecule has 1 aromatic carbocycles. The van der Waals surface area contributed by atoms with Crippen LogP contribution in [0.25, 0.3) is 0 Å². The van der Waals surface area contributed by atoms with Crippen LogP contribution in [0.3, 0.4) is 0 Å². The van der Waals surface area contributed by atoms with Gasteiger partial charge in [0, 0.05) is 12.7 Å². The van der Waals surface area contributed by atoms with Crippen LogP contribution >= 0.6 is 50.7 Å². The first-order chi connectivity index (χ1) is 12.4. The van der Waals surface area contributed by atoms with E-state index in [-0.39, 0.29) is 10.9 Å². The first-order valence-electron chi connectivity index (χ1n) is 7.58. The SMILES string of the molecule is CCn1ncc(Cl)c1C(=O)Nc1nn(Cc2ccc(Cl)c(Cl)c2)cc1Br. The van der Waals surface area contributed by atoms with Gasteiger partial charge < -0.3 is 5.32 Å². The van der Waals surface area contributed by atoms with E-state index in [4.69, 9.17) is 34.8 Å². The predicted molar refractivity (Wildman–Crippen MR) is 106 cm³/mol. The highest BCUT2D eigenvalue weighted by atomic mass is 79.9. The molecule has 0 aliphatic carbocycles. The van der Waals surface area contributed by atoms with E-state index in [1.807, 2.05) is 13.0 Å². The molecule has 0 radical (unpaired) electrons. The van der Waals surface area contributed by atoms with Gasteiger partial charge in [0.1, 0.15) is 5.69 Å². The lowest BCUT2D eigenvalue weighted by Crippen LogP contribution is -2.18. The average Bonchev–Trinajstić information content (AvgIpc) is 3.13. The Labute approximate surface area is 173 Å². The molecule has 1 amide bonds. The molecule has 0 spiro atoms. The van der Waals surface area contributed by atoms with Crippen molar-refractivity contribution in [2.45, 2.75) is 20.0 Å². The molecule has 2 aromatic heterocycles. The number of carbonyl (C=O) groups excluding carboxylic acids is 1. The van der Waals surface area contributed by atoms with Crippen molar-refractivity contribution in [2.75, 3.05) is 5.32 Å². The molecule has 3 rings (SSSR count). The molecule has 0 aliphatic heterocycles. The summed E-state index contributed by atoms with van der Waals surface area (Å²) in [5, 5.41) is 12.4. The molecular formula is C16H13BrCl3N5O. The van der Waals surface area contributed by atoms with E-state index in [2.05, 4.69) is 31.4 Å². The zero-order chi connectivity index (χ0) is 18.8. The highest BCUT2D eigenvalue weighted by molar-refractivity contribution is 9.10. The standard InChI is InChI=1S/C16H13BrCl3N5O/c1-2-25-14(13(20)6-21-25)16(26)22-15-10(17)8-24(23-15)7-9-3-4-11(18)12(19)5-9/h3-6,8H,2,7H2,1H3,(H,22,23,26). The second-order valence-corrected chi connectivity index (χ2v) is 7.46. The van der Waals surface area contributed by atoms with Crippen LogP contribution in [0.5, 0.6) is 0 Å². The smallest absolute Gasteiger partial charge is 0.276 e. The molecule has 0 atom stereocenters. The summed E-state index contributed by atoms with van der Waals surface area (Å²) in [7, 11) is 0. The molecule has 0 aliphatic rings. The molecule has 26 heavy (non-hydrogen) atoms. The van der Waals surface area contributed by atoms with Gasteiger partial charge in [0.05, 0.1) is 32.3 Å². The van der Waals surface area contributed by atoms with Crippen molar-refractivity contribution < 1.29 is 4.79 Å². The van der Waals surface area contributed by atoms with Crippen molar-refractivity contribution in [3.05, 3.63) is 61.4 Å². The highest BCUT2D eigenvalue weighted by Gasteiger charge is 2.19. The maximum absolute atomic E-state index is 12.5. The third kappa shape index (κ3) is 4.06. The van der Waals surface area contributed by atoms with Crippen molar-refractivity contribution in [3.63, 3.8) is 0 Å². The fourth-order valence-electron chi connectivity index (χ4n) is 2.38. The molecule has 3 aromatic rings. The second kappa shape index (κ2) is 8.00. The van der Waals surface area contributed by atoms with Gasteiger partial charge in [-0.05, 0) is 40.5 Å². The lowest BCUT2D eigenvalue weighted by Gasteiger charge is -2.06. The van der Waals surface area contributed by atoms with Gasteiger partial charge in [-0.1, -0.05) is 40.9 Å². The van der Waals surface area contributed by atoms with Gasteiger partial charge in [0.15, 0.2) is 5.82 Å². The van der Waals surface area contributed by atoms with Crippen LogP contribution in [0.4, 0.5) is 5.82 Å². The number of hydrogen-bond donors (Lipinski definition) is 1. The fraction of sp³-hybridized carbons (Fsp3) is 0.188. The summed E-state index contributed by atoms with van der Waals surface area (Å²) in [4.78, 5) is 12.5. The summed E-state index contributed by atoms with van der Waals surface area (Å²) in [6.07, 6.45) is 3.20. The number of hydrogen-bond acceptors (Lipinski definition) is 3. The van der Waals surface area contributed by atoms with Gasteiger partial charge in [-0.3, -0.25) is 14.2 Å². The van der Waals surface area contributed by atoms with Gasteiger partial charge in [-0.2, -0.15) is 10.2 Å². The Morgan fingerprint density at radius 1 is 1.23 bits per heavy atom. The largest absolute Gasteiger partial charge is 0.303 e. The molecular weight excluding hydrogens is 464 g/mol. The van der Waals surface area contributed by atoms with E-state index in [0.717, 1.165) is 5.56 Å². The maximum atomic E-state index is 12.5. The lowest BCUT2D eigenvalue weighted by atomic mass is 10.2. The topological polar surface area (TPSA) is 64.7 Å². The number of aryl methyl sites for hydroxylation is 1. The molecule has 10 heteroatoms. The monoisotopic (exact) mass is 475 g/mol. The van der Waals surface area contributed by atoms with Crippen molar-refractivity contribution >= 4 is 62.5 Å². The van der Waals surface area contributed by atoms with Crippen molar-refractivity contribution in [2.24, 2.45) is 0 Å². The molecule has 1 N–H and O–H groups in total. The Morgan fingerprint density at radius 2 is 2.00 bits per heavy atom. The second-order valence-electron chi connectivity index (χ2n) is 5.38. The predicted octanol–water partition coefficient (Wildman–Crippen LogP) is 5.12. The summed E-state index contributed by atoms with van der Waals surface area (Å²) in [6, 6.07) is 5.37. The van der Waals surface area contributed by atoms with Crippen LogP contribution in [-0.4, -0.2) is 25.5 Å². The Hall–Kier alpha value is -1.54. The van der Waals surface area contributed by atoms with Gasteiger partial charge in [0.2, 0.25) is 0 Å². The number of rotatable bonds is 5. The zero-order valence-electron chi connectivity index (χ0n) is 13.5. The molecule has 0 saturated carbocycles. The maximum Gasteiger partial charge on any atom is 0.276 e. The van der Waals surface area contributed by atoms with Crippen LogP contribution in [-0.2, 0) is 13.1 Å². The molecule has 6 nitrogen and oxygen atoms in total. The van der Waals surface area contributed by atoms with E-state index in [1.165, 1.54) is 10.9 Å². The first kappa shape index (κ1) is 19.2. The van der Waals surface area contributed by atoms with Gasteiger partial charge >= 0.3 is 0 Å². The Bertz CT molecular complexity index is 969. The number of amides is 1. The third-order valence-corrected chi connectivity index (χ3v) is 5.18. The molecule has 0 unspecified atom stereocenters. The summed E-state index contributed by atoms with van der Waals surface area (Å²) < 4.78 is 3.85. The van der Waals surface area contributed by atoms with Crippen LogP contribution < -0.4 is 5.32 Å². The number of nitrogens with one attached hydrogen (secondary N) is 1. The number of nitrogens with zero attached hydrogens (tertiary/aromatic N) is 4. The van der Waals surface area contributed by atoms with Crippen molar-refractivity contribution in [1.29, 1.82) is 0 Å². The Kier molecular flexibility index (Phi) is 5.92. The molecule has 0 saturated heterocycles. The van der Waals surface area contributed by atoms with E-state index >= 15 is 0 Å². The van der Waals surface area contributed by atoms with Crippen LogP contribution in [0.2, 0.25) is 15.1 Å². The van der Waals surface area contributed by atoms with E-state index in [9.17, 15) is 4.79 Å². The van der Waals surface area contributed by atoms with Crippen LogP contribution in [0, 0.1) is 0 Å². The number of benzene rings is 1. The summed E-state index contributed by atoms with van der Waals surface area (Å²) in [5.74, 6) is 0.00446. The lowest BCUT2D eigenvalue weighted by molar-refractivity contribution is 0.101. The number of anilines is 1. The summed E-state index contributed by atoms with van der Waals surface area (Å²) >= 11 is 21.4. The normalized spacial score (nSPS) is 11.0. The molecule has 0 bridgehead atoms. The van der Waals surface area contributed by atoms with Crippen LogP contribution in [0.15, 0.2) is 35.1 Å². The summed E-state index contributed by atoms with van der Waals surface area (Å²) in [6.45, 7) is 2.88. The first-order valence-corrected chi connectivity index (χ1v) is 9.51. The highest BCUT2D eigenvalue weighted by Crippen LogP contribution is 2.25. The van der Waals surface area contributed by atoms with Crippen LogP contribution in [0.1, 0.15) is 23.0 Å². The van der Waals surface area contributed by atoms with E-state index in [1.54, 1.807) is 23.0 Å². The Balaban J connectivity index is 1.78. The number of carbonyl (C=O) groups is 1. The minimum absolute atomic E-state index is 0.288. The third-order valence-electron chi connectivity index (χ3n) is 3.59. The fourth-order valence-corrected chi connectivity index (χ4v) is 3.35. The zero-order valence-corrected chi connectivity index (χ0v) is 17.4. The van der Waals surface area contributed by atoms with E-state index in [0.29, 0.717) is 39.1 Å². The quantitative estimate of drug-likeness (QED) is 0.555. The number of aromatic nitrogens is 4. The molecule has 0 fully saturated rings. The van der Waals surface area contributed by atoms with Crippen molar-refractivity contribution in [1.82, 2.24) is 19.6 Å². The number of halogens is 4. The van der Waals surface area contributed by atoms with Gasteiger partial charge in [-0.25, -0.2) is 0 Å². The average molecular weight is 478 g/mol. The Morgan fingerprint density at radius 3 is 2.69 bits per heavy atom. The van der Waals surface area contributed by atoms with Crippen molar-refractivity contribution in [3.8, 4) is 0 Å². The minimum atomic E-state index is -0.380. The molecule has 2 heterocycles. The van der Waals surface area contributed by atoms with Gasteiger partial charge in [-0.15, -0.1) is 0 Å². The minimum Gasteiger partial charge on any atom is -0.303 e. The molecule has 136 valence electrons. The van der Waals surface area contributed by atoms with E-state index < -0.39 is 0 Å². The van der Waals surface area contributed by atoms with Gasteiger partial charge in [0.25, 0.3) is 5.91 Å². The summed E-state index contributed by atoms with van der Waals surface area (Å²) in [5.41, 5.74) is 1.22.